The molecule has 0 amide bonds. The molecule has 1 heterocycles. The summed E-state index contributed by atoms with van der Waals surface area (Å²) in [5.41, 5.74) is 1.41. The van der Waals surface area contributed by atoms with Crippen molar-refractivity contribution in [2.24, 2.45) is 5.92 Å². The number of nitrogens with zero attached hydrogens (tertiary/aromatic N) is 2. The minimum Gasteiger partial charge on any atom is -0.299 e. The fraction of sp³-hybridized carbons (Fsp3) is 0.533. The first kappa shape index (κ1) is 14.3. The van der Waals surface area contributed by atoms with Gasteiger partial charge < -0.3 is 0 Å². The molecule has 1 aliphatic heterocycles. The number of benzene rings is 1. The van der Waals surface area contributed by atoms with Gasteiger partial charge in [0.25, 0.3) is 0 Å². The summed E-state index contributed by atoms with van der Waals surface area (Å²) in [5.74, 6) is 0.234. The van der Waals surface area contributed by atoms with Crippen LogP contribution in [0.1, 0.15) is 30.4 Å². The van der Waals surface area contributed by atoms with Crippen LogP contribution in [0.5, 0.6) is 0 Å². The van der Waals surface area contributed by atoms with Crippen molar-refractivity contribution in [1.29, 1.82) is 5.26 Å². The van der Waals surface area contributed by atoms with Crippen LogP contribution in [0.15, 0.2) is 12.1 Å². The van der Waals surface area contributed by atoms with Crippen LogP contribution in [0.4, 0.5) is 4.39 Å². The maximum Gasteiger partial charge on any atom is 0.126 e. The second-order valence-corrected chi connectivity index (χ2v) is 5.71. The van der Waals surface area contributed by atoms with Crippen LogP contribution in [-0.4, -0.2) is 18.0 Å². The number of likely N-dealkylation sites (tertiary alicyclic amines) is 1. The lowest BCUT2D eigenvalue weighted by Crippen LogP contribution is -2.34. The van der Waals surface area contributed by atoms with Crippen molar-refractivity contribution in [3.8, 4) is 6.07 Å². The fourth-order valence-electron chi connectivity index (χ4n) is 2.64. The maximum atomic E-state index is 13.6. The van der Waals surface area contributed by atoms with Crippen LogP contribution in [0.2, 0.25) is 5.02 Å². The van der Waals surface area contributed by atoms with Crippen molar-refractivity contribution in [1.82, 2.24) is 4.90 Å². The summed E-state index contributed by atoms with van der Waals surface area (Å²) >= 11 is 6.17. The van der Waals surface area contributed by atoms with Gasteiger partial charge in [-0.3, -0.25) is 4.90 Å². The van der Waals surface area contributed by atoms with Crippen LogP contribution in [0.25, 0.3) is 0 Å². The first-order valence-corrected chi connectivity index (χ1v) is 7.01. The summed E-state index contributed by atoms with van der Waals surface area (Å²) in [5, 5.41) is 9.39. The van der Waals surface area contributed by atoms with Crippen LogP contribution in [0, 0.1) is 30.0 Å². The molecule has 0 spiro atoms. The van der Waals surface area contributed by atoms with Crippen LogP contribution in [0.3, 0.4) is 0 Å². The highest BCUT2D eigenvalue weighted by Gasteiger charge is 2.20. The van der Waals surface area contributed by atoms with E-state index in [1.807, 2.05) is 0 Å². The van der Waals surface area contributed by atoms with Gasteiger partial charge in [-0.2, -0.15) is 5.26 Å². The average Bonchev–Trinajstić information content (AvgIpc) is 2.37. The Morgan fingerprint density at radius 1 is 1.53 bits per heavy atom. The normalized spacial score (nSPS) is 20.2. The molecule has 4 heteroatoms. The Morgan fingerprint density at radius 3 is 3.05 bits per heavy atom. The summed E-state index contributed by atoms with van der Waals surface area (Å²) in [4.78, 5) is 2.27. The van der Waals surface area contributed by atoms with Gasteiger partial charge >= 0.3 is 0 Å². The van der Waals surface area contributed by atoms with Gasteiger partial charge in [-0.25, -0.2) is 4.39 Å². The van der Waals surface area contributed by atoms with Gasteiger partial charge in [-0.1, -0.05) is 11.6 Å². The highest BCUT2D eigenvalue weighted by atomic mass is 35.5. The van der Waals surface area contributed by atoms with Crippen molar-refractivity contribution in [3.05, 3.63) is 34.1 Å². The zero-order valence-corrected chi connectivity index (χ0v) is 11.9. The van der Waals surface area contributed by atoms with E-state index in [4.69, 9.17) is 16.9 Å². The Hall–Kier alpha value is -1.11. The Balaban J connectivity index is 2.05. The zero-order valence-electron chi connectivity index (χ0n) is 11.1. The van der Waals surface area contributed by atoms with Crippen molar-refractivity contribution in [2.45, 2.75) is 32.7 Å². The van der Waals surface area contributed by atoms with E-state index in [-0.39, 0.29) is 5.82 Å². The highest BCUT2D eigenvalue weighted by molar-refractivity contribution is 6.31. The summed E-state index contributed by atoms with van der Waals surface area (Å²) in [6.45, 7) is 4.28. The number of hydrogen-bond donors (Lipinski definition) is 0. The smallest absolute Gasteiger partial charge is 0.126 e. The molecule has 0 N–H and O–H groups in total. The lowest BCUT2D eigenvalue weighted by molar-refractivity contribution is 0.169. The van der Waals surface area contributed by atoms with Crippen LogP contribution in [-0.2, 0) is 6.54 Å². The molecule has 1 aromatic carbocycles. The largest absolute Gasteiger partial charge is 0.299 e. The molecule has 1 atom stereocenters. The number of hydrogen-bond acceptors (Lipinski definition) is 2. The molecular weight excluding hydrogens is 263 g/mol. The van der Waals surface area contributed by atoms with E-state index in [9.17, 15) is 4.39 Å². The van der Waals surface area contributed by atoms with Crippen molar-refractivity contribution in [2.75, 3.05) is 13.1 Å². The van der Waals surface area contributed by atoms with E-state index >= 15 is 0 Å². The van der Waals surface area contributed by atoms with Gasteiger partial charge in [-0.15, -0.1) is 0 Å². The number of piperidine rings is 1. The number of nitriles is 1. The second-order valence-electron chi connectivity index (χ2n) is 5.30. The average molecular weight is 281 g/mol. The van der Waals surface area contributed by atoms with Gasteiger partial charge in [0, 0.05) is 24.5 Å². The topological polar surface area (TPSA) is 27.0 Å². The molecule has 0 radical (unpaired) electrons. The quantitative estimate of drug-likeness (QED) is 0.839. The Labute approximate surface area is 118 Å². The molecule has 1 unspecified atom stereocenters. The molecular formula is C15H18ClFN2. The zero-order chi connectivity index (χ0) is 13.8. The van der Waals surface area contributed by atoms with E-state index in [1.54, 1.807) is 13.0 Å². The third-order valence-corrected chi connectivity index (χ3v) is 4.06. The molecule has 0 aliphatic carbocycles. The summed E-state index contributed by atoms with van der Waals surface area (Å²) < 4.78 is 13.6. The van der Waals surface area contributed by atoms with E-state index in [2.05, 4.69) is 11.0 Å². The standard InChI is InChI=1S/C15H18ClFN2/c1-11-7-14(16)13(8-15(11)17)10-19-6-2-3-12(9-19)4-5-18/h7-8,12H,2-4,6,9-10H2,1H3. The monoisotopic (exact) mass is 280 g/mol. The summed E-state index contributed by atoms with van der Waals surface area (Å²) in [7, 11) is 0. The van der Waals surface area contributed by atoms with Gasteiger partial charge in [0.2, 0.25) is 0 Å². The first-order valence-electron chi connectivity index (χ1n) is 6.64. The van der Waals surface area contributed by atoms with Crippen molar-refractivity contribution >= 4 is 11.6 Å². The van der Waals surface area contributed by atoms with Gasteiger partial charge in [0.15, 0.2) is 0 Å². The molecule has 1 aromatic rings. The summed E-state index contributed by atoms with van der Waals surface area (Å²) in [6.07, 6.45) is 2.81. The van der Waals surface area contributed by atoms with Crippen LogP contribution < -0.4 is 0 Å². The lowest BCUT2D eigenvalue weighted by atomic mass is 9.95. The molecule has 1 aliphatic rings. The molecule has 0 bridgehead atoms. The Kier molecular flexibility index (Phi) is 4.79. The molecule has 1 saturated heterocycles. The molecule has 102 valence electrons. The van der Waals surface area contributed by atoms with Crippen LogP contribution >= 0.6 is 11.6 Å². The molecule has 0 aromatic heterocycles. The van der Waals surface area contributed by atoms with Crippen molar-refractivity contribution < 1.29 is 4.39 Å². The van der Waals surface area contributed by atoms with Gasteiger partial charge in [0.05, 0.1) is 6.07 Å². The van der Waals surface area contributed by atoms with Gasteiger partial charge in [0.1, 0.15) is 5.82 Å². The predicted molar refractivity (Wildman–Crippen MR) is 74.4 cm³/mol. The number of halogens is 2. The molecule has 2 nitrogen and oxygen atoms in total. The predicted octanol–water partition coefficient (Wildman–Crippen LogP) is 3.91. The third-order valence-electron chi connectivity index (χ3n) is 3.70. The minimum absolute atomic E-state index is 0.204. The molecule has 2 rings (SSSR count). The van der Waals surface area contributed by atoms with Gasteiger partial charge in [-0.05, 0) is 55.5 Å². The van der Waals surface area contributed by atoms with E-state index in [0.717, 1.165) is 31.5 Å². The Bertz CT molecular complexity index is 496. The van der Waals surface area contributed by atoms with Crippen molar-refractivity contribution in [3.63, 3.8) is 0 Å². The molecule has 1 fully saturated rings. The molecule has 19 heavy (non-hydrogen) atoms. The van der Waals surface area contributed by atoms with E-state index < -0.39 is 0 Å². The lowest BCUT2D eigenvalue weighted by Gasteiger charge is -2.31. The van der Waals surface area contributed by atoms with E-state index in [0.29, 0.717) is 29.5 Å². The number of aryl methyl sites for hydroxylation is 1. The molecule has 0 saturated carbocycles. The maximum absolute atomic E-state index is 13.6. The fourth-order valence-corrected chi connectivity index (χ4v) is 2.92. The second kappa shape index (κ2) is 6.36. The number of rotatable bonds is 3. The Morgan fingerprint density at radius 2 is 2.32 bits per heavy atom. The summed E-state index contributed by atoms with van der Waals surface area (Å²) in [6, 6.07) is 5.45. The third kappa shape index (κ3) is 3.68. The highest BCUT2D eigenvalue weighted by Crippen LogP contribution is 2.25. The van der Waals surface area contributed by atoms with E-state index in [1.165, 1.54) is 6.07 Å². The minimum atomic E-state index is -0.204. The first-order chi connectivity index (χ1) is 9.10. The SMILES string of the molecule is Cc1cc(Cl)c(CN2CCCC(CC#N)C2)cc1F.